The van der Waals surface area contributed by atoms with E-state index >= 15 is 0 Å². The minimum atomic E-state index is -3.99. The molecule has 3 aromatic rings. The Labute approximate surface area is 188 Å². The van der Waals surface area contributed by atoms with Gasteiger partial charge in [0.15, 0.2) is 0 Å². The van der Waals surface area contributed by atoms with E-state index in [9.17, 15) is 13.2 Å². The molecule has 1 aromatic heterocycles. The number of aryl methyl sites for hydroxylation is 1. The second-order valence-corrected chi connectivity index (χ2v) is 10.4. The SMILES string of the molecule is Cc1cccc(C(C)C)c1NS(=O)(=O)c1nnc(NC(=O)c2ccc(Cl)cc2Cl)s1. The van der Waals surface area contributed by atoms with Gasteiger partial charge in [-0.1, -0.05) is 66.6 Å². The highest BCUT2D eigenvalue weighted by Crippen LogP contribution is 2.31. The third-order valence-corrected chi connectivity index (χ3v) is 7.30. The number of hydrogen-bond acceptors (Lipinski definition) is 6. The highest BCUT2D eigenvalue weighted by Gasteiger charge is 2.24. The molecule has 0 bridgehead atoms. The van der Waals surface area contributed by atoms with Crippen molar-refractivity contribution >= 4 is 61.3 Å². The van der Waals surface area contributed by atoms with Gasteiger partial charge in [-0.3, -0.25) is 14.8 Å². The Morgan fingerprint density at radius 3 is 2.53 bits per heavy atom. The summed E-state index contributed by atoms with van der Waals surface area (Å²) >= 11 is 12.6. The predicted octanol–water partition coefficient (Wildman–Crippen LogP) is 5.33. The Morgan fingerprint density at radius 1 is 1.13 bits per heavy atom. The van der Waals surface area contributed by atoms with E-state index in [-0.39, 0.29) is 26.0 Å². The molecule has 0 fully saturated rings. The van der Waals surface area contributed by atoms with Crippen molar-refractivity contribution in [2.24, 2.45) is 0 Å². The first-order chi connectivity index (χ1) is 14.1. The molecule has 1 amide bonds. The molecule has 0 aliphatic rings. The van der Waals surface area contributed by atoms with E-state index in [4.69, 9.17) is 23.2 Å². The fourth-order valence-corrected chi connectivity index (χ4v) is 5.25. The second-order valence-electron chi connectivity index (χ2n) is 6.75. The molecule has 0 aliphatic carbocycles. The van der Waals surface area contributed by atoms with Crippen molar-refractivity contribution in [3.8, 4) is 0 Å². The van der Waals surface area contributed by atoms with Gasteiger partial charge in [-0.05, 0) is 42.2 Å². The van der Waals surface area contributed by atoms with Gasteiger partial charge in [-0.2, -0.15) is 8.42 Å². The van der Waals surface area contributed by atoms with Crippen LogP contribution < -0.4 is 10.0 Å². The van der Waals surface area contributed by atoms with Gasteiger partial charge in [0.1, 0.15) is 0 Å². The molecule has 0 saturated carbocycles. The third-order valence-electron chi connectivity index (χ3n) is 4.20. The van der Waals surface area contributed by atoms with Crippen LogP contribution in [0.2, 0.25) is 10.0 Å². The number of sulfonamides is 1. The monoisotopic (exact) mass is 484 g/mol. The Bertz CT molecular complexity index is 1210. The van der Waals surface area contributed by atoms with Crippen LogP contribution in [-0.4, -0.2) is 24.5 Å². The van der Waals surface area contributed by atoms with E-state index in [2.05, 4.69) is 20.2 Å². The van der Waals surface area contributed by atoms with E-state index in [1.807, 2.05) is 39.0 Å². The number of rotatable bonds is 6. The van der Waals surface area contributed by atoms with E-state index in [1.54, 1.807) is 0 Å². The summed E-state index contributed by atoms with van der Waals surface area (Å²) in [5.41, 5.74) is 2.36. The van der Waals surface area contributed by atoms with Crippen LogP contribution in [0.5, 0.6) is 0 Å². The van der Waals surface area contributed by atoms with Crippen LogP contribution in [0.4, 0.5) is 10.8 Å². The van der Waals surface area contributed by atoms with Crippen LogP contribution in [0, 0.1) is 6.92 Å². The number of carbonyl (C=O) groups excluding carboxylic acids is 1. The number of halogens is 2. The van der Waals surface area contributed by atoms with Crippen molar-refractivity contribution < 1.29 is 13.2 Å². The first-order valence-corrected chi connectivity index (χ1v) is 11.9. The Balaban J connectivity index is 1.83. The zero-order chi connectivity index (χ0) is 22.1. The Hall–Kier alpha value is -2.20. The van der Waals surface area contributed by atoms with Crippen molar-refractivity contribution in [1.82, 2.24) is 10.2 Å². The summed E-state index contributed by atoms with van der Waals surface area (Å²) in [6.45, 7) is 5.78. The van der Waals surface area contributed by atoms with Crippen LogP contribution in [0.1, 0.15) is 41.3 Å². The van der Waals surface area contributed by atoms with E-state index < -0.39 is 15.9 Å². The summed E-state index contributed by atoms with van der Waals surface area (Å²) in [7, 11) is -3.99. The van der Waals surface area contributed by atoms with Crippen molar-refractivity contribution in [1.29, 1.82) is 0 Å². The van der Waals surface area contributed by atoms with Gasteiger partial charge in [0.2, 0.25) is 5.13 Å². The van der Waals surface area contributed by atoms with Gasteiger partial charge in [-0.25, -0.2) is 0 Å². The maximum atomic E-state index is 12.8. The first-order valence-electron chi connectivity index (χ1n) is 8.80. The maximum Gasteiger partial charge on any atom is 0.291 e. The lowest BCUT2D eigenvalue weighted by Crippen LogP contribution is -2.15. The molecule has 0 unspecified atom stereocenters. The minimum absolute atomic E-state index is 0.0280. The van der Waals surface area contributed by atoms with E-state index in [0.29, 0.717) is 10.7 Å². The Kier molecular flexibility index (Phi) is 6.66. The van der Waals surface area contributed by atoms with E-state index in [1.165, 1.54) is 18.2 Å². The van der Waals surface area contributed by atoms with Crippen molar-refractivity contribution in [3.05, 3.63) is 63.1 Å². The molecule has 0 aliphatic heterocycles. The highest BCUT2D eigenvalue weighted by atomic mass is 35.5. The summed E-state index contributed by atoms with van der Waals surface area (Å²) < 4.78 is 28.0. The van der Waals surface area contributed by atoms with Crippen LogP contribution >= 0.6 is 34.5 Å². The molecule has 0 atom stereocenters. The number of aromatic nitrogens is 2. The molecule has 11 heteroatoms. The third kappa shape index (κ3) is 4.92. The molecule has 0 saturated heterocycles. The standard InChI is InChI=1S/C19H18Cl2N4O3S2/c1-10(2)13-6-4-5-11(3)16(13)25-30(27,28)19-24-23-18(29-19)22-17(26)14-8-7-12(20)9-15(14)21/h4-10,25H,1-3H3,(H,22,23,26). The molecule has 1 heterocycles. The number of anilines is 2. The largest absolute Gasteiger partial charge is 0.296 e. The molecule has 2 aromatic carbocycles. The average Bonchev–Trinajstić information content (AvgIpc) is 3.12. The normalized spacial score (nSPS) is 11.5. The number of nitrogens with one attached hydrogen (secondary N) is 2. The summed E-state index contributed by atoms with van der Waals surface area (Å²) in [6.07, 6.45) is 0. The number of benzene rings is 2. The van der Waals surface area contributed by atoms with Gasteiger partial charge in [0.25, 0.3) is 20.3 Å². The molecule has 0 radical (unpaired) electrons. The predicted molar refractivity (Wildman–Crippen MR) is 120 cm³/mol. The Morgan fingerprint density at radius 2 is 1.87 bits per heavy atom. The zero-order valence-electron chi connectivity index (χ0n) is 16.2. The fourth-order valence-electron chi connectivity index (χ4n) is 2.70. The lowest BCUT2D eigenvalue weighted by molar-refractivity contribution is 0.102. The maximum absolute atomic E-state index is 12.8. The van der Waals surface area contributed by atoms with Gasteiger partial charge in [0, 0.05) is 5.02 Å². The van der Waals surface area contributed by atoms with Crippen molar-refractivity contribution in [2.75, 3.05) is 10.0 Å². The van der Waals surface area contributed by atoms with Crippen LogP contribution in [0.25, 0.3) is 0 Å². The quantitative estimate of drug-likeness (QED) is 0.460. The van der Waals surface area contributed by atoms with Crippen LogP contribution in [0.15, 0.2) is 40.7 Å². The molecule has 0 spiro atoms. The van der Waals surface area contributed by atoms with Crippen LogP contribution in [0.3, 0.4) is 0 Å². The molecular formula is C19H18Cl2N4O3S2. The molecule has 158 valence electrons. The van der Waals surface area contributed by atoms with E-state index in [0.717, 1.165) is 22.5 Å². The van der Waals surface area contributed by atoms with Gasteiger partial charge < -0.3 is 0 Å². The minimum Gasteiger partial charge on any atom is -0.296 e. The topological polar surface area (TPSA) is 101 Å². The van der Waals surface area contributed by atoms with Gasteiger partial charge in [-0.15, -0.1) is 10.2 Å². The summed E-state index contributed by atoms with van der Waals surface area (Å²) in [4.78, 5) is 12.4. The summed E-state index contributed by atoms with van der Waals surface area (Å²) in [5, 5.41) is 10.6. The molecule has 7 nitrogen and oxygen atoms in total. The average molecular weight is 485 g/mol. The number of nitrogens with zero attached hydrogens (tertiary/aromatic N) is 2. The highest BCUT2D eigenvalue weighted by molar-refractivity contribution is 7.94. The van der Waals surface area contributed by atoms with Crippen molar-refractivity contribution in [3.63, 3.8) is 0 Å². The summed E-state index contributed by atoms with van der Waals surface area (Å²) in [6, 6.07) is 10.0. The zero-order valence-corrected chi connectivity index (χ0v) is 19.4. The molecule has 30 heavy (non-hydrogen) atoms. The van der Waals surface area contributed by atoms with Gasteiger partial charge >= 0.3 is 0 Å². The summed E-state index contributed by atoms with van der Waals surface area (Å²) in [5.74, 6) is -0.429. The lowest BCUT2D eigenvalue weighted by Gasteiger charge is -2.16. The second kappa shape index (κ2) is 8.89. The number of hydrogen-bond donors (Lipinski definition) is 2. The molecule has 3 rings (SSSR count). The molecule has 2 N–H and O–H groups in total. The molecular weight excluding hydrogens is 467 g/mol. The number of amides is 1. The first kappa shape index (κ1) is 22.5. The van der Waals surface area contributed by atoms with Gasteiger partial charge in [0.05, 0.1) is 16.3 Å². The van der Waals surface area contributed by atoms with Crippen molar-refractivity contribution in [2.45, 2.75) is 31.0 Å². The fraction of sp³-hybridized carbons (Fsp3) is 0.211. The smallest absolute Gasteiger partial charge is 0.291 e. The lowest BCUT2D eigenvalue weighted by atomic mass is 9.99. The van der Waals surface area contributed by atoms with Crippen LogP contribution in [-0.2, 0) is 10.0 Å². The number of para-hydroxylation sites is 1. The number of carbonyl (C=O) groups is 1.